The Labute approximate surface area is 114 Å². The number of anilines is 1. The fourth-order valence-electron chi connectivity index (χ4n) is 2.46. The highest BCUT2D eigenvalue weighted by atomic mass is 16.5. The van der Waals surface area contributed by atoms with Crippen LogP contribution in [-0.4, -0.2) is 38.8 Å². The topological polar surface area (TPSA) is 41.6 Å². The second-order valence-corrected chi connectivity index (χ2v) is 5.34. The SMILES string of the molecule is CNC1(C)CCN(c2cccc(C(=O)OC)c2)CC1. The Kier molecular flexibility index (Phi) is 4.10. The van der Waals surface area contributed by atoms with E-state index in [2.05, 4.69) is 23.2 Å². The monoisotopic (exact) mass is 262 g/mol. The molecule has 0 unspecified atom stereocenters. The molecule has 0 radical (unpaired) electrons. The molecule has 4 heteroatoms. The van der Waals surface area contributed by atoms with Crippen LogP contribution in [0, 0.1) is 0 Å². The van der Waals surface area contributed by atoms with Gasteiger partial charge in [-0.25, -0.2) is 4.79 Å². The third-order valence-electron chi connectivity index (χ3n) is 4.10. The number of hydrogen-bond acceptors (Lipinski definition) is 4. The van der Waals surface area contributed by atoms with Gasteiger partial charge in [-0.2, -0.15) is 0 Å². The summed E-state index contributed by atoms with van der Waals surface area (Å²) in [5.41, 5.74) is 1.94. The number of carbonyl (C=O) groups is 1. The first-order chi connectivity index (χ1) is 9.08. The van der Waals surface area contributed by atoms with E-state index in [1.165, 1.54) is 7.11 Å². The van der Waals surface area contributed by atoms with Crippen molar-refractivity contribution in [1.82, 2.24) is 5.32 Å². The molecule has 4 nitrogen and oxygen atoms in total. The number of methoxy groups -OCH3 is 1. The highest BCUT2D eigenvalue weighted by molar-refractivity contribution is 5.90. The molecule has 0 spiro atoms. The van der Waals surface area contributed by atoms with Gasteiger partial charge in [-0.1, -0.05) is 6.07 Å². The second kappa shape index (κ2) is 5.61. The van der Waals surface area contributed by atoms with E-state index in [0.717, 1.165) is 31.6 Å². The van der Waals surface area contributed by atoms with Gasteiger partial charge < -0.3 is 15.0 Å². The van der Waals surface area contributed by atoms with Crippen LogP contribution in [0.25, 0.3) is 0 Å². The van der Waals surface area contributed by atoms with Crippen molar-refractivity contribution in [3.63, 3.8) is 0 Å². The van der Waals surface area contributed by atoms with Crippen LogP contribution in [0.3, 0.4) is 0 Å². The summed E-state index contributed by atoms with van der Waals surface area (Å²) in [7, 11) is 3.43. The van der Waals surface area contributed by atoms with Crippen LogP contribution in [0.4, 0.5) is 5.69 Å². The number of nitrogens with zero attached hydrogens (tertiary/aromatic N) is 1. The second-order valence-electron chi connectivity index (χ2n) is 5.34. The highest BCUT2D eigenvalue weighted by Crippen LogP contribution is 2.26. The lowest BCUT2D eigenvalue weighted by Crippen LogP contribution is -2.50. The van der Waals surface area contributed by atoms with Gasteiger partial charge in [0.05, 0.1) is 12.7 Å². The van der Waals surface area contributed by atoms with Crippen molar-refractivity contribution in [3.8, 4) is 0 Å². The molecule has 1 N–H and O–H groups in total. The van der Waals surface area contributed by atoms with E-state index < -0.39 is 0 Å². The summed E-state index contributed by atoms with van der Waals surface area (Å²) in [5.74, 6) is -0.279. The van der Waals surface area contributed by atoms with Gasteiger partial charge in [0.25, 0.3) is 0 Å². The lowest BCUT2D eigenvalue weighted by Gasteiger charge is -2.40. The minimum Gasteiger partial charge on any atom is -0.465 e. The molecule has 19 heavy (non-hydrogen) atoms. The number of piperidine rings is 1. The Balaban J connectivity index is 2.09. The van der Waals surface area contributed by atoms with Crippen molar-refractivity contribution in [2.24, 2.45) is 0 Å². The first kappa shape index (κ1) is 13.9. The van der Waals surface area contributed by atoms with Crippen LogP contribution in [-0.2, 0) is 4.74 Å². The van der Waals surface area contributed by atoms with Gasteiger partial charge in [0, 0.05) is 24.3 Å². The molecule has 1 aliphatic rings. The molecule has 1 aromatic carbocycles. The first-order valence-electron chi connectivity index (χ1n) is 6.70. The van der Waals surface area contributed by atoms with Crippen LogP contribution < -0.4 is 10.2 Å². The van der Waals surface area contributed by atoms with Crippen LogP contribution in [0.1, 0.15) is 30.1 Å². The van der Waals surface area contributed by atoms with Gasteiger partial charge in [0.15, 0.2) is 0 Å². The molecule has 1 aromatic rings. The minimum atomic E-state index is -0.279. The zero-order chi connectivity index (χ0) is 13.9. The number of hydrogen-bond donors (Lipinski definition) is 1. The molecular weight excluding hydrogens is 240 g/mol. The van der Waals surface area contributed by atoms with E-state index in [9.17, 15) is 4.79 Å². The summed E-state index contributed by atoms with van der Waals surface area (Å²) in [6, 6.07) is 7.66. The molecular formula is C15H22N2O2. The van der Waals surface area contributed by atoms with E-state index >= 15 is 0 Å². The maximum atomic E-state index is 11.5. The van der Waals surface area contributed by atoms with E-state index in [0.29, 0.717) is 5.56 Å². The summed E-state index contributed by atoms with van der Waals surface area (Å²) < 4.78 is 4.76. The molecule has 0 bridgehead atoms. The summed E-state index contributed by atoms with van der Waals surface area (Å²) in [6.45, 7) is 4.26. The Bertz CT molecular complexity index is 451. The molecule has 2 rings (SSSR count). The summed E-state index contributed by atoms with van der Waals surface area (Å²) in [5, 5.41) is 3.39. The normalized spacial score (nSPS) is 18.2. The summed E-state index contributed by atoms with van der Waals surface area (Å²) in [6.07, 6.45) is 2.21. The van der Waals surface area contributed by atoms with Gasteiger partial charge in [0.2, 0.25) is 0 Å². The fourth-order valence-corrected chi connectivity index (χ4v) is 2.46. The largest absolute Gasteiger partial charge is 0.465 e. The Hall–Kier alpha value is -1.55. The van der Waals surface area contributed by atoms with Crippen molar-refractivity contribution in [2.45, 2.75) is 25.3 Å². The number of rotatable bonds is 3. The number of carbonyl (C=O) groups excluding carboxylic acids is 1. The molecule has 104 valence electrons. The number of esters is 1. The van der Waals surface area contributed by atoms with Crippen LogP contribution in [0.15, 0.2) is 24.3 Å². The van der Waals surface area contributed by atoms with Crippen molar-refractivity contribution < 1.29 is 9.53 Å². The predicted octanol–water partition coefficient (Wildman–Crippen LogP) is 2.05. The minimum absolute atomic E-state index is 0.233. The molecule has 0 aliphatic carbocycles. The molecule has 1 heterocycles. The average Bonchev–Trinajstić information content (AvgIpc) is 2.47. The quantitative estimate of drug-likeness (QED) is 0.847. The number of ether oxygens (including phenoxy) is 1. The third-order valence-corrected chi connectivity index (χ3v) is 4.10. The lowest BCUT2D eigenvalue weighted by atomic mass is 9.89. The van der Waals surface area contributed by atoms with E-state index in [1.807, 2.05) is 19.2 Å². The standard InChI is InChI=1S/C15H22N2O2/c1-15(16-2)7-9-17(10-8-15)13-6-4-5-12(11-13)14(18)19-3/h4-6,11,16H,7-10H2,1-3H3. The van der Waals surface area contributed by atoms with Crippen molar-refractivity contribution >= 4 is 11.7 Å². The van der Waals surface area contributed by atoms with Crippen LogP contribution in [0.2, 0.25) is 0 Å². The summed E-state index contributed by atoms with van der Waals surface area (Å²) >= 11 is 0. The smallest absolute Gasteiger partial charge is 0.337 e. The molecule has 1 aliphatic heterocycles. The van der Waals surface area contributed by atoms with Gasteiger partial charge in [-0.15, -0.1) is 0 Å². The van der Waals surface area contributed by atoms with Gasteiger partial charge in [-0.05, 0) is 45.0 Å². The van der Waals surface area contributed by atoms with Gasteiger partial charge >= 0.3 is 5.97 Å². The molecule has 0 saturated carbocycles. The predicted molar refractivity (Wildman–Crippen MR) is 76.7 cm³/mol. The third kappa shape index (κ3) is 3.07. The number of benzene rings is 1. The van der Waals surface area contributed by atoms with Crippen molar-refractivity contribution in [1.29, 1.82) is 0 Å². The van der Waals surface area contributed by atoms with Gasteiger partial charge in [-0.3, -0.25) is 0 Å². The van der Waals surface area contributed by atoms with E-state index in [-0.39, 0.29) is 11.5 Å². The molecule has 1 saturated heterocycles. The van der Waals surface area contributed by atoms with Crippen LogP contribution >= 0.6 is 0 Å². The fraction of sp³-hybridized carbons (Fsp3) is 0.533. The Morgan fingerprint density at radius 1 is 1.37 bits per heavy atom. The zero-order valence-corrected chi connectivity index (χ0v) is 11.9. The van der Waals surface area contributed by atoms with Crippen molar-refractivity contribution in [3.05, 3.63) is 29.8 Å². The van der Waals surface area contributed by atoms with Gasteiger partial charge in [0.1, 0.15) is 0 Å². The molecule has 0 atom stereocenters. The maximum Gasteiger partial charge on any atom is 0.337 e. The van der Waals surface area contributed by atoms with E-state index in [4.69, 9.17) is 4.74 Å². The number of nitrogens with one attached hydrogen (secondary N) is 1. The Morgan fingerprint density at radius 3 is 2.63 bits per heavy atom. The first-order valence-corrected chi connectivity index (χ1v) is 6.70. The maximum absolute atomic E-state index is 11.5. The zero-order valence-electron chi connectivity index (χ0n) is 11.9. The van der Waals surface area contributed by atoms with E-state index in [1.54, 1.807) is 6.07 Å². The summed E-state index contributed by atoms with van der Waals surface area (Å²) in [4.78, 5) is 13.9. The average molecular weight is 262 g/mol. The molecule has 0 amide bonds. The lowest BCUT2D eigenvalue weighted by molar-refractivity contribution is 0.0600. The van der Waals surface area contributed by atoms with Crippen molar-refractivity contribution in [2.75, 3.05) is 32.1 Å². The molecule has 0 aromatic heterocycles. The highest BCUT2D eigenvalue weighted by Gasteiger charge is 2.28. The van der Waals surface area contributed by atoms with Crippen LogP contribution in [0.5, 0.6) is 0 Å². The molecule has 1 fully saturated rings. The Morgan fingerprint density at radius 2 is 2.05 bits per heavy atom.